The van der Waals surface area contributed by atoms with Crippen molar-refractivity contribution in [2.24, 2.45) is 0 Å². The van der Waals surface area contributed by atoms with Crippen LogP contribution in [0.1, 0.15) is 50.7 Å². The average molecular weight is 461 g/mol. The fourth-order valence-electron chi connectivity index (χ4n) is 3.34. The first-order valence-corrected chi connectivity index (χ1v) is 12.3. The topological polar surface area (TPSA) is 49.4 Å². The Hall–Kier alpha value is -1.98. The molecule has 0 saturated carbocycles. The van der Waals surface area contributed by atoms with Gasteiger partial charge < -0.3 is 10.2 Å². The summed E-state index contributed by atoms with van der Waals surface area (Å²) in [6.07, 6.45) is 2.63. The molecule has 0 aliphatic carbocycles. The largest absolute Gasteiger partial charge is 0.354 e. The minimum atomic E-state index is -0.456. The molecule has 0 fully saturated rings. The Morgan fingerprint density at radius 1 is 1.10 bits per heavy atom. The molecule has 0 heterocycles. The van der Waals surface area contributed by atoms with Crippen molar-refractivity contribution in [2.45, 2.75) is 63.9 Å². The van der Waals surface area contributed by atoms with Gasteiger partial charge in [0.1, 0.15) is 6.04 Å². The minimum absolute atomic E-state index is 0.0263. The number of aryl methyl sites for hydroxylation is 1. The van der Waals surface area contributed by atoms with Gasteiger partial charge in [0.25, 0.3) is 0 Å². The van der Waals surface area contributed by atoms with Crippen LogP contribution in [-0.4, -0.2) is 35.1 Å². The molecule has 1 atom stereocenters. The Balaban J connectivity index is 2.04. The zero-order chi connectivity index (χ0) is 22.6. The lowest BCUT2D eigenvalue weighted by atomic mass is 10.1. The van der Waals surface area contributed by atoms with Gasteiger partial charge in [0.05, 0.1) is 0 Å². The van der Waals surface area contributed by atoms with Crippen molar-refractivity contribution in [2.75, 3.05) is 12.3 Å². The van der Waals surface area contributed by atoms with E-state index in [9.17, 15) is 9.59 Å². The number of carbonyl (C=O) groups excluding carboxylic acids is 2. The number of amides is 2. The first-order chi connectivity index (χ1) is 15.0. The summed E-state index contributed by atoms with van der Waals surface area (Å²) in [6.45, 7) is 7.10. The second-order valence-corrected chi connectivity index (χ2v) is 9.17. The van der Waals surface area contributed by atoms with Crippen molar-refractivity contribution >= 4 is 35.2 Å². The highest BCUT2D eigenvalue weighted by molar-refractivity contribution is 7.99. The van der Waals surface area contributed by atoms with E-state index < -0.39 is 6.04 Å². The molecule has 31 heavy (non-hydrogen) atoms. The third-order valence-electron chi connectivity index (χ3n) is 5.15. The van der Waals surface area contributed by atoms with Crippen LogP contribution in [0.2, 0.25) is 5.02 Å². The van der Waals surface area contributed by atoms with Gasteiger partial charge in [0, 0.05) is 29.4 Å². The number of thioether (sulfide) groups is 1. The van der Waals surface area contributed by atoms with Gasteiger partial charge in [-0.3, -0.25) is 9.59 Å². The number of nitrogens with one attached hydrogen (secondary N) is 1. The summed E-state index contributed by atoms with van der Waals surface area (Å²) in [6, 6.07) is 15.3. The van der Waals surface area contributed by atoms with Crippen molar-refractivity contribution in [3.63, 3.8) is 0 Å². The summed E-state index contributed by atoms with van der Waals surface area (Å²) < 4.78 is 0. The van der Waals surface area contributed by atoms with Gasteiger partial charge >= 0.3 is 0 Å². The molecule has 168 valence electrons. The molecule has 6 heteroatoms. The van der Waals surface area contributed by atoms with E-state index in [0.29, 0.717) is 25.9 Å². The number of hydrogen-bond donors (Lipinski definition) is 1. The number of rotatable bonds is 12. The van der Waals surface area contributed by atoms with Crippen LogP contribution in [0.4, 0.5) is 0 Å². The predicted octanol–water partition coefficient (Wildman–Crippen LogP) is 5.85. The Morgan fingerprint density at radius 3 is 2.45 bits per heavy atom. The molecule has 0 saturated heterocycles. The SMILES string of the molecule is CCCNC(=O)C(CC)N(Cc1ccccc1C)C(=O)CCCSc1ccc(Cl)cc1. The number of hydrogen-bond acceptors (Lipinski definition) is 3. The lowest BCUT2D eigenvalue weighted by molar-refractivity contribution is -0.141. The Bertz CT molecular complexity index is 842. The quantitative estimate of drug-likeness (QED) is 0.319. The van der Waals surface area contributed by atoms with Gasteiger partial charge in [0.15, 0.2) is 0 Å². The molecule has 1 unspecified atom stereocenters. The van der Waals surface area contributed by atoms with E-state index in [1.807, 2.05) is 69.3 Å². The highest BCUT2D eigenvalue weighted by Gasteiger charge is 2.28. The highest BCUT2D eigenvalue weighted by Crippen LogP contribution is 2.22. The molecule has 2 aromatic rings. The Kier molecular flexibility index (Phi) is 11.0. The van der Waals surface area contributed by atoms with Gasteiger partial charge in [-0.25, -0.2) is 0 Å². The van der Waals surface area contributed by atoms with Crippen LogP contribution in [0.3, 0.4) is 0 Å². The zero-order valence-corrected chi connectivity index (χ0v) is 20.3. The van der Waals surface area contributed by atoms with Crippen LogP contribution in [0.15, 0.2) is 53.4 Å². The van der Waals surface area contributed by atoms with Crippen LogP contribution in [-0.2, 0) is 16.1 Å². The maximum Gasteiger partial charge on any atom is 0.242 e. The van der Waals surface area contributed by atoms with Gasteiger partial charge in [0.2, 0.25) is 11.8 Å². The fraction of sp³-hybridized carbons (Fsp3) is 0.440. The Morgan fingerprint density at radius 2 is 1.81 bits per heavy atom. The van der Waals surface area contributed by atoms with E-state index in [-0.39, 0.29) is 11.8 Å². The summed E-state index contributed by atoms with van der Waals surface area (Å²) in [7, 11) is 0. The average Bonchev–Trinajstić information content (AvgIpc) is 2.77. The third-order valence-corrected chi connectivity index (χ3v) is 6.50. The molecule has 0 aromatic heterocycles. The van der Waals surface area contributed by atoms with Crippen LogP contribution in [0, 0.1) is 6.92 Å². The van der Waals surface area contributed by atoms with E-state index in [4.69, 9.17) is 11.6 Å². The minimum Gasteiger partial charge on any atom is -0.354 e. The first kappa shape index (κ1) is 25.3. The highest BCUT2D eigenvalue weighted by atomic mass is 35.5. The zero-order valence-electron chi connectivity index (χ0n) is 18.7. The van der Waals surface area contributed by atoms with E-state index in [1.165, 1.54) is 0 Å². The van der Waals surface area contributed by atoms with Crippen molar-refractivity contribution < 1.29 is 9.59 Å². The van der Waals surface area contributed by atoms with Crippen LogP contribution >= 0.6 is 23.4 Å². The summed E-state index contributed by atoms with van der Waals surface area (Å²) in [5, 5.41) is 3.69. The monoisotopic (exact) mass is 460 g/mol. The predicted molar refractivity (Wildman–Crippen MR) is 131 cm³/mol. The van der Waals surface area contributed by atoms with Gasteiger partial charge in [-0.1, -0.05) is 49.7 Å². The molecule has 0 bridgehead atoms. The van der Waals surface area contributed by atoms with Crippen molar-refractivity contribution in [1.82, 2.24) is 10.2 Å². The van der Waals surface area contributed by atoms with E-state index in [1.54, 1.807) is 16.7 Å². The number of halogens is 1. The second kappa shape index (κ2) is 13.4. The molecule has 0 spiro atoms. The lowest BCUT2D eigenvalue weighted by Gasteiger charge is -2.31. The molecule has 1 N–H and O–H groups in total. The van der Waals surface area contributed by atoms with Crippen molar-refractivity contribution in [1.29, 1.82) is 0 Å². The maximum absolute atomic E-state index is 13.2. The summed E-state index contributed by atoms with van der Waals surface area (Å²) in [5.41, 5.74) is 2.20. The molecule has 0 radical (unpaired) electrons. The molecule has 2 amide bonds. The number of nitrogens with zero attached hydrogens (tertiary/aromatic N) is 1. The third kappa shape index (κ3) is 8.23. The van der Waals surface area contributed by atoms with Gasteiger partial charge in [-0.15, -0.1) is 11.8 Å². The normalized spacial score (nSPS) is 11.7. The molecular weight excluding hydrogens is 428 g/mol. The molecule has 0 aliphatic rings. The molecular formula is C25H33ClN2O2S. The van der Waals surface area contributed by atoms with Gasteiger partial charge in [-0.05, 0) is 67.3 Å². The molecule has 0 aliphatic heterocycles. The molecule has 4 nitrogen and oxygen atoms in total. The first-order valence-electron chi connectivity index (χ1n) is 11.0. The van der Waals surface area contributed by atoms with Crippen molar-refractivity contribution in [3.05, 3.63) is 64.7 Å². The number of benzene rings is 2. The van der Waals surface area contributed by atoms with Crippen LogP contribution in [0.25, 0.3) is 0 Å². The summed E-state index contributed by atoms with van der Waals surface area (Å²) >= 11 is 7.65. The van der Waals surface area contributed by atoms with Crippen LogP contribution < -0.4 is 5.32 Å². The lowest BCUT2D eigenvalue weighted by Crippen LogP contribution is -2.49. The van der Waals surface area contributed by atoms with Crippen LogP contribution in [0.5, 0.6) is 0 Å². The smallest absolute Gasteiger partial charge is 0.242 e. The molecule has 2 aromatic carbocycles. The van der Waals surface area contributed by atoms with Crippen molar-refractivity contribution in [3.8, 4) is 0 Å². The van der Waals surface area contributed by atoms with Gasteiger partial charge in [-0.2, -0.15) is 0 Å². The standard InChI is InChI=1S/C25H33ClN2O2S/c1-4-16-27-25(30)23(5-2)28(18-20-10-7-6-9-19(20)3)24(29)11-8-17-31-22-14-12-21(26)13-15-22/h6-7,9-10,12-15,23H,4-5,8,11,16-18H2,1-3H3,(H,27,30). The number of carbonyl (C=O) groups is 2. The summed E-state index contributed by atoms with van der Waals surface area (Å²) in [5.74, 6) is 0.796. The summed E-state index contributed by atoms with van der Waals surface area (Å²) in [4.78, 5) is 28.9. The Labute approximate surface area is 195 Å². The fourth-order valence-corrected chi connectivity index (χ4v) is 4.32. The second-order valence-electron chi connectivity index (χ2n) is 7.57. The van der Waals surface area contributed by atoms with E-state index in [2.05, 4.69) is 5.32 Å². The van der Waals surface area contributed by atoms with E-state index >= 15 is 0 Å². The maximum atomic E-state index is 13.2. The van der Waals surface area contributed by atoms with E-state index in [0.717, 1.165) is 39.6 Å². The molecule has 2 rings (SSSR count).